The minimum Gasteiger partial charge on any atom is -0.369 e. The number of likely N-dealkylation sites (tertiary alicyclic amines) is 1. The molecule has 0 aromatic carbocycles. The Kier molecular flexibility index (Phi) is 6.45. The van der Waals surface area contributed by atoms with Gasteiger partial charge in [0.05, 0.1) is 31.3 Å². The maximum absolute atomic E-state index is 11.2. The lowest BCUT2D eigenvalue weighted by atomic mass is 10.1. The average molecular weight is 324 g/mol. The maximum atomic E-state index is 11.2. The number of amides is 1. The second-order valence-corrected chi connectivity index (χ2v) is 7.08. The van der Waals surface area contributed by atoms with Crippen molar-refractivity contribution in [3.63, 3.8) is 0 Å². The van der Waals surface area contributed by atoms with Crippen molar-refractivity contribution in [3.05, 3.63) is 18.5 Å². The Hall–Kier alpha value is -1.34. The van der Waals surface area contributed by atoms with Gasteiger partial charge in [-0.2, -0.15) is 0 Å². The third kappa shape index (κ3) is 4.58. The first-order valence-electron chi connectivity index (χ1n) is 7.94. The summed E-state index contributed by atoms with van der Waals surface area (Å²) < 4.78 is 2.04. The maximum Gasteiger partial charge on any atom is 0.230 e. The van der Waals surface area contributed by atoms with E-state index < -0.39 is 0 Å². The number of hydrogen-bond acceptors (Lipinski definition) is 4. The van der Waals surface area contributed by atoms with E-state index in [0.29, 0.717) is 6.54 Å². The summed E-state index contributed by atoms with van der Waals surface area (Å²) in [6.07, 6.45) is 6.75. The molecule has 6 nitrogen and oxygen atoms in total. The quantitative estimate of drug-likeness (QED) is 0.523. The molecule has 0 saturated carbocycles. The van der Waals surface area contributed by atoms with E-state index in [1.54, 1.807) is 11.8 Å². The van der Waals surface area contributed by atoms with Crippen molar-refractivity contribution in [1.82, 2.24) is 14.8 Å². The Labute approximate surface area is 136 Å². The molecule has 2 heterocycles. The number of carbonyl (C=O) groups is 1. The third-order valence-electron chi connectivity index (χ3n) is 4.05. The minimum atomic E-state index is -0.336. The smallest absolute Gasteiger partial charge is 0.230 e. The Balaban J connectivity index is 2.01. The van der Waals surface area contributed by atoms with E-state index in [2.05, 4.69) is 16.8 Å². The van der Waals surface area contributed by atoms with Crippen LogP contribution in [-0.4, -0.2) is 45.6 Å². The molecule has 0 radical (unpaired) electrons. The number of carbonyl (C=O) groups excluding carboxylic acids is 1. The number of nitrogens with two attached hydrogens (primary N) is 1. The predicted octanol–water partition coefficient (Wildman–Crippen LogP) is 0.0413. The van der Waals surface area contributed by atoms with Gasteiger partial charge in [-0.3, -0.25) is 4.79 Å². The molecule has 1 fully saturated rings. The van der Waals surface area contributed by atoms with E-state index in [9.17, 15) is 4.79 Å². The van der Waals surface area contributed by atoms with E-state index in [1.807, 2.05) is 10.6 Å². The van der Waals surface area contributed by atoms with Gasteiger partial charge in [0.25, 0.3) is 0 Å². The summed E-state index contributed by atoms with van der Waals surface area (Å²) >= 11 is 1.36. The van der Waals surface area contributed by atoms with Gasteiger partial charge in [-0.05, 0) is 26.2 Å². The first-order valence-corrected chi connectivity index (χ1v) is 8.82. The minimum absolute atomic E-state index is 0.312. The molecule has 1 amide bonds. The fourth-order valence-corrected chi connectivity index (χ4v) is 3.54. The van der Waals surface area contributed by atoms with Crippen LogP contribution in [0.3, 0.4) is 0 Å². The van der Waals surface area contributed by atoms with E-state index in [-0.39, 0.29) is 11.2 Å². The SMILES string of the molecule is C=CCn1c(CC[NH+]2CCCCC2)nnc1S[C@@H](C)C(N)=O. The van der Waals surface area contributed by atoms with Crippen molar-refractivity contribution in [1.29, 1.82) is 0 Å². The monoisotopic (exact) mass is 324 g/mol. The lowest BCUT2D eigenvalue weighted by Crippen LogP contribution is -3.13. The molecule has 1 saturated heterocycles. The van der Waals surface area contributed by atoms with Crippen molar-refractivity contribution in [3.8, 4) is 0 Å². The number of nitrogens with zero attached hydrogens (tertiary/aromatic N) is 3. The predicted molar refractivity (Wildman–Crippen MR) is 87.9 cm³/mol. The van der Waals surface area contributed by atoms with Crippen LogP contribution in [0.1, 0.15) is 32.0 Å². The molecule has 7 heteroatoms. The van der Waals surface area contributed by atoms with Crippen LogP contribution >= 0.6 is 11.8 Å². The fourth-order valence-electron chi connectivity index (χ4n) is 2.71. The summed E-state index contributed by atoms with van der Waals surface area (Å²) in [7, 11) is 0. The highest BCUT2D eigenvalue weighted by Gasteiger charge is 2.19. The molecular formula is C15H26N5OS+. The summed E-state index contributed by atoms with van der Waals surface area (Å²) in [5, 5.41) is 8.98. The second kappa shape index (κ2) is 8.33. The van der Waals surface area contributed by atoms with Gasteiger partial charge < -0.3 is 15.2 Å². The summed E-state index contributed by atoms with van der Waals surface area (Å²) in [6, 6.07) is 0. The number of allylic oxidation sites excluding steroid dienone is 1. The summed E-state index contributed by atoms with van der Waals surface area (Å²) in [5.41, 5.74) is 5.33. The molecule has 0 unspecified atom stereocenters. The molecule has 1 aliphatic heterocycles. The van der Waals surface area contributed by atoms with E-state index in [1.165, 1.54) is 44.1 Å². The molecule has 0 aliphatic carbocycles. The van der Waals surface area contributed by atoms with Gasteiger partial charge in [-0.1, -0.05) is 17.8 Å². The number of piperidine rings is 1. The van der Waals surface area contributed by atoms with Crippen LogP contribution < -0.4 is 10.6 Å². The van der Waals surface area contributed by atoms with Crippen LogP contribution in [0, 0.1) is 0 Å². The van der Waals surface area contributed by atoms with Gasteiger partial charge in [0.1, 0.15) is 5.82 Å². The lowest BCUT2D eigenvalue weighted by molar-refractivity contribution is -0.904. The highest BCUT2D eigenvalue weighted by molar-refractivity contribution is 8.00. The second-order valence-electron chi connectivity index (χ2n) is 5.77. The number of primary amides is 1. The number of thioether (sulfide) groups is 1. The topological polar surface area (TPSA) is 78.2 Å². The Bertz CT molecular complexity index is 510. The molecule has 0 spiro atoms. The van der Waals surface area contributed by atoms with Crippen molar-refractivity contribution in [2.45, 2.75) is 49.6 Å². The van der Waals surface area contributed by atoms with E-state index in [0.717, 1.165) is 23.9 Å². The Morgan fingerprint density at radius 3 is 2.82 bits per heavy atom. The zero-order chi connectivity index (χ0) is 15.9. The third-order valence-corrected chi connectivity index (χ3v) is 5.15. The lowest BCUT2D eigenvalue weighted by Gasteiger charge is -2.23. The number of aromatic nitrogens is 3. The van der Waals surface area contributed by atoms with Crippen molar-refractivity contribution < 1.29 is 9.69 Å². The molecule has 1 atom stereocenters. The van der Waals surface area contributed by atoms with E-state index in [4.69, 9.17) is 5.73 Å². The van der Waals surface area contributed by atoms with Crippen molar-refractivity contribution >= 4 is 17.7 Å². The van der Waals surface area contributed by atoms with Crippen LogP contribution in [0.5, 0.6) is 0 Å². The molecule has 122 valence electrons. The highest BCUT2D eigenvalue weighted by atomic mass is 32.2. The highest BCUT2D eigenvalue weighted by Crippen LogP contribution is 2.22. The molecule has 1 aromatic rings. The number of rotatable bonds is 8. The zero-order valence-electron chi connectivity index (χ0n) is 13.3. The van der Waals surface area contributed by atoms with Gasteiger partial charge in [0, 0.05) is 6.54 Å². The van der Waals surface area contributed by atoms with E-state index >= 15 is 0 Å². The normalized spacial score (nSPS) is 17.3. The Morgan fingerprint density at radius 1 is 1.45 bits per heavy atom. The number of nitrogens with one attached hydrogen (secondary N) is 1. The van der Waals surface area contributed by atoms with Crippen LogP contribution in [0.4, 0.5) is 0 Å². The molecule has 1 aromatic heterocycles. The molecule has 0 bridgehead atoms. The van der Waals surface area contributed by atoms with Crippen molar-refractivity contribution in [2.75, 3.05) is 19.6 Å². The molecule has 2 rings (SSSR count). The fraction of sp³-hybridized carbons (Fsp3) is 0.667. The number of quaternary nitrogens is 1. The molecular weight excluding hydrogens is 298 g/mol. The molecule has 3 N–H and O–H groups in total. The first-order chi connectivity index (χ1) is 10.6. The largest absolute Gasteiger partial charge is 0.369 e. The average Bonchev–Trinajstić information content (AvgIpc) is 2.89. The van der Waals surface area contributed by atoms with Gasteiger partial charge in [0.2, 0.25) is 5.91 Å². The van der Waals surface area contributed by atoms with Crippen molar-refractivity contribution in [2.24, 2.45) is 5.73 Å². The van der Waals surface area contributed by atoms with Crippen LogP contribution in [0.2, 0.25) is 0 Å². The molecule has 1 aliphatic rings. The summed E-state index contributed by atoms with van der Waals surface area (Å²) in [6.45, 7) is 9.86. The van der Waals surface area contributed by atoms with Crippen LogP contribution in [0.25, 0.3) is 0 Å². The number of hydrogen-bond donors (Lipinski definition) is 2. The first kappa shape index (κ1) is 17.0. The zero-order valence-corrected chi connectivity index (χ0v) is 14.1. The van der Waals surface area contributed by atoms with Gasteiger partial charge in [-0.25, -0.2) is 0 Å². The van der Waals surface area contributed by atoms with Gasteiger partial charge >= 0.3 is 0 Å². The van der Waals surface area contributed by atoms with Crippen LogP contribution in [-0.2, 0) is 17.8 Å². The van der Waals surface area contributed by atoms with Gasteiger partial charge in [-0.15, -0.1) is 16.8 Å². The summed E-state index contributed by atoms with van der Waals surface area (Å²) in [4.78, 5) is 12.9. The van der Waals surface area contributed by atoms with Gasteiger partial charge in [0.15, 0.2) is 5.16 Å². The molecule has 22 heavy (non-hydrogen) atoms. The van der Waals surface area contributed by atoms with Crippen LogP contribution in [0.15, 0.2) is 17.8 Å². The Morgan fingerprint density at radius 2 is 2.18 bits per heavy atom. The standard InChI is InChI=1S/C15H25N5OS/c1-3-8-20-13(7-11-19-9-5-4-6-10-19)17-18-15(20)22-12(2)14(16)21/h3,12H,1,4-11H2,2H3,(H2,16,21)/p+1/t12-/m0/s1. The summed E-state index contributed by atoms with van der Waals surface area (Å²) in [5.74, 6) is 0.634.